The van der Waals surface area contributed by atoms with Gasteiger partial charge in [-0.2, -0.15) is 0 Å². The summed E-state index contributed by atoms with van der Waals surface area (Å²) < 4.78 is 34.8. The zero-order valence-corrected chi connectivity index (χ0v) is 18.1. The van der Waals surface area contributed by atoms with E-state index in [2.05, 4.69) is 46.3 Å². The van der Waals surface area contributed by atoms with E-state index in [1.54, 1.807) is 37.4 Å². The van der Waals surface area contributed by atoms with Crippen LogP contribution >= 0.6 is 22.6 Å². The Labute approximate surface area is 168 Å². The minimum atomic E-state index is -3.62. The molecule has 1 aliphatic carbocycles. The van der Waals surface area contributed by atoms with Crippen LogP contribution in [0.25, 0.3) is 0 Å². The van der Waals surface area contributed by atoms with Crippen LogP contribution < -0.4 is 9.46 Å². The van der Waals surface area contributed by atoms with Crippen molar-refractivity contribution in [1.82, 2.24) is 4.90 Å². The molecule has 3 rings (SSSR count). The van der Waals surface area contributed by atoms with Gasteiger partial charge in [-0.1, -0.05) is 0 Å². The lowest BCUT2D eigenvalue weighted by atomic mass is 9.86. The van der Waals surface area contributed by atoms with Gasteiger partial charge in [0.2, 0.25) is 0 Å². The Bertz CT molecular complexity index is 896. The molecule has 140 valence electrons. The zero-order chi connectivity index (χ0) is 18.9. The van der Waals surface area contributed by atoms with E-state index in [9.17, 15) is 8.42 Å². The molecule has 1 aliphatic rings. The Morgan fingerprint density at radius 3 is 2.42 bits per heavy atom. The number of benzene rings is 2. The molecule has 2 aromatic rings. The molecule has 0 aromatic heterocycles. The maximum Gasteiger partial charge on any atom is 0.261 e. The molecular weight excluding hydrogens is 463 g/mol. The van der Waals surface area contributed by atoms with E-state index in [0.29, 0.717) is 11.7 Å². The van der Waals surface area contributed by atoms with Crippen LogP contribution in [-0.4, -0.2) is 40.6 Å². The lowest BCUT2D eigenvalue weighted by Crippen LogP contribution is -2.34. The van der Waals surface area contributed by atoms with Gasteiger partial charge < -0.3 is 9.64 Å². The van der Waals surface area contributed by atoms with Gasteiger partial charge in [0, 0.05) is 15.2 Å². The molecule has 0 saturated carbocycles. The average Bonchev–Trinajstić information content (AvgIpc) is 2.61. The van der Waals surface area contributed by atoms with Crippen LogP contribution in [0, 0.1) is 3.57 Å². The number of nitrogens with zero attached hydrogens (tertiary/aromatic N) is 1. The largest absolute Gasteiger partial charge is 0.496 e. The van der Waals surface area contributed by atoms with E-state index < -0.39 is 10.0 Å². The van der Waals surface area contributed by atoms with Crippen molar-refractivity contribution in [1.29, 1.82) is 0 Å². The van der Waals surface area contributed by atoms with Gasteiger partial charge in [-0.25, -0.2) is 8.42 Å². The highest BCUT2D eigenvalue weighted by atomic mass is 127. The van der Waals surface area contributed by atoms with E-state index in [0.717, 1.165) is 39.7 Å². The minimum Gasteiger partial charge on any atom is -0.496 e. The van der Waals surface area contributed by atoms with Gasteiger partial charge in [0.15, 0.2) is 0 Å². The first-order valence-electron chi connectivity index (χ1n) is 8.45. The first-order valence-corrected chi connectivity index (χ1v) is 11.0. The third-order valence-corrected chi connectivity index (χ3v) is 6.97. The van der Waals surface area contributed by atoms with Gasteiger partial charge >= 0.3 is 0 Å². The summed E-state index contributed by atoms with van der Waals surface area (Å²) >= 11 is 2.16. The monoisotopic (exact) mass is 486 g/mol. The zero-order valence-electron chi connectivity index (χ0n) is 15.1. The number of methoxy groups -OCH3 is 1. The quantitative estimate of drug-likeness (QED) is 0.658. The van der Waals surface area contributed by atoms with Crippen molar-refractivity contribution >= 4 is 38.3 Å². The van der Waals surface area contributed by atoms with Crippen molar-refractivity contribution in [2.45, 2.75) is 30.2 Å². The molecule has 1 atom stereocenters. The highest BCUT2D eigenvalue weighted by Gasteiger charge is 2.26. The molecule has 0 fully saturated rings. The molecule has 1 unspecified atom stereocenters. The summed E-state index contributed by atoms with van der Waals surface area (Å²) in [6.45, 7) is 0. The van der Waals surface area contributed by atoms with Crippen molar-refractivity contribution in [2.75, 3.05) is 25.9 Å². The number of fused-ring (bicyclic) bond motifs is 1. The van der Waals surface area contributed by atoms with Crippen molar-refractivity contribution in [3.8, 4) is 5.75 Å². The standard InChI is InChI=1S/C19H23IN2O3S/c1-22(2)14-6-9-16-17(12-14)19(25-3)11-10-18(16)21-26(23,24)15-7-4-13(20)5-8-15/h4-5,7-8,10-11,14,21H,6,9,12H2,1-3H3. The Morgan fingerprint density at radius 1 is 1.12 bits per heavy atom. The Hall–Kier alpha value is -1.32. The summed E-state index contributed by atoms with van der Waals surface area (Å²) in [6, 6.07) is 10.9. The Kier molecular flexibility index (Phi) is 5.78. The van der Waals surface area contributed by atoms with Crippen LogP contribution in [0.4, 0.5) is 5.69 Å². The van der Waals surface area contributed by atoms with Crippen LogP contribution in [0.3, 0.4) is 0 Å². The Morgan fingerprint density at radius 2 is 1.81 bits per heavy atom. The molecule has 5 nitrogen and oxygen atoms in total. The summed E-state index contributed by atoms with van der Waals surface area (Å²) in [5, 5.41) is 0. The topological polar surface area (TPSA) is 58.6 Å². The number of nitrogens with one attached hydrogen (secondary N) is 1. The first-order chi connectivity index (χ1) is 12.3. The molecule has 7 heteroatoms. The van der Waals surface area contributed by atoms with Gasteiger partial charge in [0.1, 0.15) is 5.75 Å². The molecule has 0 bridgehead atoms. The van der Waals surface area contributed by atoms with Crippen LogP contribution in [-0.2, 0) is 22.9 Å². The second-order valence-electron chi connectivity index (χ2n) is 6.69. The SMILES string of the molecule is COc1ccc(NS(=O)(=O)c2ccc(I)cc2)c2c1CC(N(C)C)CC2. The summed E-state index contributed by atoms with van der Waals surface area (Å²) in [4.78, 5) is 2.48. The fraction of sp³-hybridized carbons (Fsp3) is 0.368. The van der Waals surface area contributed by atoms with E-state index in [1.165, 1.54) is 0 Å². The third kappa shape index (κ3) is 3.99. The maximum atomic E-state index is 12.8. The van der Waals surface area contributed by atoms with Crippen LogP contribution in [0.2, 0.25) is 0 Å². The van der Waals surface area contributed by atoms with E-state index in [4.69, 9.17) is 4.74 Å². The molecule has 26 heavy (non-hydrogen) atoms. The second kappa shape index (κ2) is 7.74. The highest BCUT2D eigenvalue weighted by Crippen LogP contribution is 2.36. The second-order valence-corrected chi connectivity index (χ2v) is 9.62. The lowest BCUT2D eigenvalue weighted by Gasteiger charge is -2.32. The van der Waals surface area contributed by atoms with Crippen molar-refractivity contribution in [3.63, 3.8) is 0 Å². The summed E-state index contributed by atoms with van der Waals surface area (Å²) in [7, 11) is 2.19. The van der Waals surface area contributed by atoms with Crippen molar-refractivity contribution in [2.24, 2.45) is 0 Å². The lowest BCUT2D eigenvalue weighted by molar-refractivity contribution is 0.265. The number of sulfonamides is 1. The smallest absolute Gasteiger partial charge is 0.261 e. The van der Waals surface area contributed by atoms with E-state index in [-0.39, 0.29) is 4.90 Å². The number of anilines is 1. The molecular formula is C19H23IN2O3S. The van der Waals surface area contributed by atoms with E-state index in [1.807, 2.05) is 6.07 Å². The number of rotatable bonds is 5. The Balaban J connectivity index is 1.97. The van der Waals surface area contributed by atoms with Crippen LogP contribution in [0.1, 0.15) is 17.5 Å². The summed E-state index contributed by atoms with van der Waals surface area (Å²) in [5.74, 6) is 0.823. The predicted molar refractivity (Wildman–Crippen MR) is 112 cm³/mol. The minimum absolute atomic E-state index is 0.268. The van der Waals surface area contributed by atoms with Gasteiger partial charge in [-0.3, -0.25) is 4.72 Å². The van der Waals surface area contributed by atoms with Gasteiger partial charge in [0.25, 0.3) is 10.0 Å². The predicted octanol–water partition coefficient (Wildman–Crippen LogP) is 3.52. The maximum absolute atomic E-state index is 12.8. The molecule has 2 aromatic carbocycles. The number of halogens is 1. The molecule has 0 saturated heterocycles. The molecule has 1 N–H and O–H groups in total. The first kappa shape index (κ1) is 19.4. The number of ether oxygens (including phenoxy) is 1. The fourth-order valence-corrected chi connectivity index (χ4v) is 4.83. The molecule has 0 aliphatic heterocycles. The van der Waals surface area contributed by atoms with Crippen molar-refractivity contribution in [3.05, 3.63) is 51.1 Å². The van der Waals surface area contributed by atoms with Crippen LogP contribution in [0.15, 0.2) is 41.3 Å². The summed E-state index contributed by atoms with van der Waals surface area (Å²) in [5.41, 5.74) is 2.79. The number of likely N-dealkylation sites (N-methyl/N-ethyl adjacent to an activating group) is 1. The van der Waals surface area contributed by atoms with Gasteiger partial charge in [-0.15, -0.1) is 0 Å². The number of hydrogen-bond donors (Lipinski definition) is 1. The van der Waals surface area contributed by atoms with Crippen LogP contribution in [0.5, 0.6) is 5.75 Å². The number of hydrogen-bond acceptors (Lipinski definition) is 4. The summed E-state index contributed by atoms with van der Waals surface area (Å²) in [6.07, 6.45) is 2.66. The van der Waals surface area contributed by atoms with E-state index >= 15 is 0 Å². The fourth-order valence-electron chi connectivity index (χ4n) is 3.37. The third-order valence-electron chi connectivity index (χ3n) is 4.87. The van der Waals surface area contributed by atoms with Crippen molar-refractivity contribution < 1.29 is 13.2 Å². The highest BCUT2D eigenvalue weighted by molar-refractivity contribution is 14.1. The molecule has 0 spiro atoms. The molecule has 0 heterocycles. The van der Waals surface area contributed by atoms with Gasteiger partial charge in [0.05, 0.1) is 17.7 Å². The molecule has 0 radical (unpaired) electrons. The van der Waals surface area contributed by atoms with Gasteiger partial charge in [-0.05, 0) is 97.9 Å². The molecule has 0 amide bonds. The normalized spacial score (nSPS) is 17.0. The average molecular weight is 486 g/mol.